The number of aryl methyl sites for hydroxylation is 2. The zero-order valence-corrected chi connectivity index (χ0v) is 11.7. The van der Waals surface area contributed by atoms with Crippen molar-refractivity contribution in [3.05, 3.63) is 34.9 Å². The van der Waals surface area contributed by atoms with Crippen LogP contribution >= 0.6 is 0 Å². The lowest BCUT2D eigenvalue weighted by Gasteiger charge is -2.26. The molecule has 1 aliphatic heterocycles. The third-order valence-electron chi connectivity index (χ3n) is 2.91. The summed E-state index contributed by atoms with van der Waals surface area (Å²) in [6, 6.07) is 5.86. The van der Waals surface area contributed by atoms with Crippen LogP contribution in [0.5, 0.6) is 0 Å². The second-order valence-corrected chi connectivity index (χ2v) is 4.31. The monoisotopic (exact) mass is 249 g/mol. The summed E-state index contributed by atoms with van der Waals surface area (Å²) in [6.07, 6.45) is 1.27. The SMILES string of the molecule is CC.Cc1ccc(C(=O)NCC2CCO2)c(C)c1. The van der Waals surface area contributed by atoms with E-state index < -0.39 is 0 Å². The average Bonchev–Trinajstić information content (AvgIpc) is 2.29. The number of hydrogen-bond acceptors (Lipinski definition) is 2. The summed E-state index contributed by atoms with van der Waals surface area (Å²) in [5, 5.41) is 2.90. The quantitative estimate of drug-likeness (QED) is 0.894. The molecular weight excluding hydrogens is 226 g/mol. The molecule has 1 aromatic rings. The third kappa shape index (κ3) is 3.84. The van der Waals surface area contributed by atoms with E-state index in [4.69, 9.17) is 4.74 Å². The van der Waals surface area contributed by atoms with Gasteiger partial charge in [0.05, 0.1) is 6.10 Å². The average molecular weight is 249 g/mol. The van der Waals surface area contributed by atoms with Gasteiger partial charge in [0.25, 0.3) is 5.91 Å². The summed E-state index contributed by atoms with van der Waals surface area (Å²) in [4.78, 5) is 11.9. The van der Waals surface area contributed by atoms with Crippen LogP contribution in [0.3, 0.4) is 0 Å². The molecule has 0 aliphatic carbocycles. The van der Waals surface area contributed by atoms with Gasteiger partial charge in [-0.15, -0.1) is 0 Å². The maximum atomic E-state index is 11.9. The van der Waals surface area contributed by atoms with E-state index in [0.717, 1.165) is 24.2 Å². The topological polar surface area (TPSA) is 38.3 Å². The van der Waals surface area contributed by atoms with Crippen molar-refractivity contribution in [3.8, 4) is 0 Å². The fourth-order valence-corrected chi connectivity index (χ4v) is 1.82. The van der Waals surface area contributed by atoms with Crippen LogP contribution < -0.4 is 5.32 Å². The summed E-state index contributed by atoms with van der Waals surface area (Å²) >= 11 is 0. The number of hydrogen-bond donors (Lipinski definition) is 1. The largest absolute Gasteiger partial charge is 0.376 e. The van der Waals surface area contributed by atoms with Gasteiger partial charge in [-0.05, 0) is 31.9 Å². The van der Waals surface area contributed by atoms with Gasteiger partial charge in [0.1, 0.15) is 0 Å². The Morgan fingerprint density at radius 2 is 2.06 bits per heavy atom. The van der Waals surface area contributed by atoms with E-state index in [1.807, 2.05) is 45.9 Å². The number of rotatable bonds is 3. The third-order valence-corrected chi connectivity index (χ3v) is 2.91. The first-order valence-corrected chi connectivity index (χ1v) is 6.64. The summed E-state index contributed by atoms with van der Waals surface area (Å²) in [7, 11) is 0. The van der Waals surface area contributed by atoms with Gasteiger partial charge in [-0.3, -0.25) is 4.79 Å². The molecule has 0 saturated carbocycles. The first-order chi connectivity index (χ1) is 8.66. The molecule has 1 heterocycles. The molecule has 1 N–H and O–H groups in total. The predicted molar refractivity (Wildman–Crippen MR) is 74.0 cm³/mol. The lowest BCUT2D eigenvalue weighted by atomic mass is 10.1. The van der Waals surface area contributed by atoms with E-state index in [0.29, 0.717) is 6.54 Å². The van der Waals surface area contributed by atoms with E-state index >= 15 is 0 Å². The molecule has 1 atom stereocenters. The smallest absolute Gasteiger partial charge is 0.251 e. The minimum atomic E-state index is -0.00648. The van der Waals surface area contributed by atoms with Gasteiger partial charge in [-0.1, -0.05) is 31.5 Å². The Labute approximate surface area is 110 Å². The van der Waals surface area contributed by atoms with E-state index in [9.17, 15) is 4.79 Å². The Morgan fingerprint density at radius 3 is 2.56 bits per heavy atom. The van der Waals surface area contributed by atoms with Crippen molar-refractivity contribution in [1.82, 2.24) is 5.32 Å². The van der Waals surface area contributed by atoms with E-state index in [-0.39, 0.29) is 12.0 Å². The molecule has 0 spiro atoms. The number of amides is 1. The zero-order valence-electron chi connectivity index (χ0n) is 11.7. The normalized spacial score (nSPS) is 17.2. The Hall–Kier alpha value is -1.35. The van der Waals surface area contributed by atoms with Crippen LogP contribution in [0.1, 0.15) is 41.8 Å². The minimum absolute atomic E-state index is 0.00648. The molecule has 1 aromatic carbocycles. The lowest BCUT2D eigenvalue weighted by molar-refractivity contribution is -0.0472. The fraction of sp³-hybridized carbons (Fsp3) is 0.533. The highest BCUT2D eigenvalue weighted by molar-refractivity contribution is 5.95. The molecule has 0 radical (unpaired) electrons. The van der Waals surface area contributed by atoms with Gasteiger partial charge in [0.2, 0.25) is 0 Å². The van der Waals surface area contributed by atoms with Crippen molar-refractivity contribution in [3.63, 3.8) is 0 Å². The summed E-state index contributed by atoms with van der Waals surface area (Å²) < 4.78 is 5.25. The highest BCUT2D eigenvalue weighted by Crippen LogP contribution is 2.12. The molecule has 1 aliphatic rings. The molecule has 0 aromatic heterocycles. The molecule has 18 heavy (non-hydrogen) atoms. The molecule has 100 valence electrons. The highest BCUT2D eigenvalue weighted by Gasteiger charge is 2.19. The van der Waals surface area contributed by atoms with Crippen molar-refractivity contribution in [2.45, 2.75) is 40.2 Å². The Balaban J connectivity index is 0.000000771. The van der Waals surface area contributed by atoms with Crippen LogP contribution in [0.15, 0.2) is 18.2 Å². The van der Waals surface area contributed by atoms with Crippen LogP contribution in [-0.2, 0) is 4.74 Å². The first kappa shape index (κ1) is 14.7. The minimum Gasteiger partial charge on any atom is -0.376 e. The van der Waals surface area contributed by atoms with Crippen LogP contribution in [0.2, 0.25) is 0 Å². The maximum absolute atomic E-state index is 11.9. The summed E-state index contributed by atoms with van der Waals surface area (Å²) in [5.74, 6) is -0.00648. The van der Waals surface area contributed by atoms with E-state index in [1.54, 1.807) is 0 Å². The number of carbonyl (C=O) groups is 1. The van der Waals surface area contributed by atoms with Crippen molar-refractivity contribution >= 4 is 5.91 Å². The van der Waals surface area contributed by atoms with Gasteiger partial charge < -0.3 is 10.1 Å². The molecule has 3 nitrogen and oxygen atoms in total. The number of carbonyl (C=O) groups excluding carboxylic acids is 1. The standard InChI is InChI=1S/C13H17NO2.C2H6/c1-9-3-4-12(10(2)7-9)13(15)14-8-11-5-6-16-11;1-2/h3-4,7,11H,5-6,8H2,1-2H3,(H,14,15);1-2H3. The zero-order chi connectivity index (χ0) is 13.5. The van der Waals surface area contributed by atoms with Crippen LogP contribution in [0.4, 0.5) is 0 Å². The van der Waals surface area contributed by atoms with Gasteiger partial charge in [0.15, 0.2) is 0 Å². The maximum Gasteiger partial charge on any atom is 0.251 e. The lowest BCUT2D eigenvalue weighted by Crippen LogP contribution is -2.39. The predicted octanol–water partition coefficient (Wildman–Crippen LogP) is 2.85. The summed E-state index contributed by atoms with van der Waals surface area (Å²) in [5.41, 5.74) is 2.95. The van der Waals surface area contributed by atoms with E-state index in [2.05, 4.69) is 5.32 Å². The highest BCUT2D eigenvalue weighted by atomic mass is 16.5. The van der Waals surface area contributed by atoms with Gasteiger partial charge in [-0.2, -0.15) is 0 Å². The van der Waals surface area contributed by atoms with Crippen LogP contribution in [-0.4, -0.2) is 25.2 Å². The molecule has 0 bridgehead atoms. The van der Waals surface area contributed by atoms with Crippen LogP contribution in [0.25, 0.3) is 0 Å². The van der Waals surface area contributed by atoms with E-state index in [1.165, 1.54) is 5.56 Å². The Morgan fingerprint density at radius 1 is 1.39 bits per heavy atom. The van der Waals surface area contributed by atoms with Gasteiger partial charge in [0, 0.05) is 18.7 Å². The Kier molecular flexibility index (Phi) is 5.86. The molecule has 1 unspecified atom stereocenters. The Bertz CT molecular complexity index is 397. The van der Waals surface area contributed by atoms with Crippen molar-refractivity contribution in [2.75, 3.05) is 13.2 Å². The molecule has 2 rings (SSSR count). The second kappa shape index (κ2) is 7.17. The molecule has 3 heteroatoms. The molecular formula is C15H23NO2. The molecule has 1 amide bonds. The van der Waals surface area contributed by atoms with Crippen LogP contribution in [0, 0.1) is 13.8 Å². The fourth-order valence-electron chi connectivity index (χ4n) is 1.82. The van der Waals surface area contributed by atoms with Gasteiger partial charge >= 0.3 is 0 Å². The number of ether oxygens (including phenoxy) is 1. The van der Waals surface area contributed by atoms with Gasteiger partial charge in [-0.25, -0.2) is 0 Å². The number of nitrogens with one attached hydrogen (secondary N) is 1. The number of benzene rings is 1. The molecule has 1 saturated heterocycles. The second-order valence-electron chi connectivity index (χ2n) is 4.31. The first-order valence-electron chi connectivity index (χ1n) is 6.64. The summed E-state index contributed by atoms with van der Waals surface area (Å²) in [6.45, 7) is 9.43. The molecule has 1 fully saturated rings. The van der Waals surface area contributed by atoms with Crippen molar-refractivity contribution < 1.29 is 9.53 Å². The van der Waals surface area contributed by atoms with Crippen molar-refractivity contribution in [2.24, 2.45) is 0 Å². The van der Waals surface area contributed by atoms with Crippen molar-refractivity contribution in [1.29, 1.82) is 0 Å².